The summed E-state index contributed by atoms with van der Waals surface area (Å²) in [4.78, 5) is 28.3. The minimum atomic E-state index is -0.270. The van der Waals surface area contributed by atoms with Crippen LogP contribution in [-0.4, -0.2) is 23.3 Å². The predicted molar refractivity (Wildman–Crippen MR) is 90.7 cm³/mol. The number of amides is 2. The van der Waals surface area contributed by atoms with Crippen molar-refractivity contribution in [2.45, 2.75) is 27.2 Å². The fourth-order valence-corrected chi connectivity index (χ4v) is 2.28. The Kier molecular flexibility index (Phi) is 5.46. The number of nitrogens with zero attached hydrogens (tertiary/aromatic N) is 1. The van der Waals surface area contributed by atoms with E-state index in [2.05, 4.69) is 15.6 Å². The first-order valence-corrected chi connectivity index (χ1v) is 7.63. The molecule has 0 bridgehead atoms. The lowest BCUT2D eigenvalue weighted by molar-refractivity contribution is 0.0948. The molecule has 0 aliphatic carbocycles. The van der Waals surface area contributed by atoms with Crippen LogP contribution < -0.4 is 10.6 Å². The molecule has 0 saturated heterocycles. The third-order valence-corrected chi connectivity index (χ3v) is 3.27. The van der Waals surface area contributed by atoms with Crippen molar-refractivity contribution in [1.82, 2.24) is 10.3 Å². The maximum absolute atomic E-state index is 12.4. The molecule has 0 saturated carbocycles. The maximum atomic E-state index is 12.4. The average molecular weight is 311 g/mol. The van der Waals surface area contributed by atoms with E-state index in [1.807, 2.05) is 39.0 Å². The van der Waals surface area contributed by atoms with Gasteiger partial charge in [-0.3, -0.25) is 14.6 Å². The van der Waals surface area contributed by atoms with Crippen molar-refractivity contribution >= 4 is 17.5 Å². The first-order valence-electron chi connectivity index (χ1n) is 7.63. The number of aromatic nitrogens is 1. The number of carbonyl (C=O) groups excluding carboxylic acids is 2. The minimum Gasteiger partial charge on any atom is -0.351 e. The molecule has 2 N–H and O–H groups in total. The largest absolute Gasteiger partial charge is 0.351 e. The molecule has 5 nitrogen and oxygen atoms in total. The van der Waals surface area contributed by atoms with Gasteiger partial charge in [0.15, 0.2) is 0 Å². The standard InChI is InChI=1S/C18H21N3O2/c1-4-6-20-18(23)16-11-14(5-7-19-16)17(22)21-15-9-12(2)8-13(3)10-15/h5,7-11H,4,6H2,1-3H3,(H,20,23)(H,21,22). The lowest BCUT2D eigenvalue weighted by Crippen LogP contribution is -2.25. The van der Waals surface area contributed by atoms with Crippen LogP contribution in [0, 0.1) is 13.8 Å². The summed E-state index contributed by atoms with van der Waals surface area (Å²) in [6.45, 7) is 6.51. The molecule has 2 amide bonds. The van der Waals surface area contributed by atoms with E-state index in [9.17, 15) is 9.59 Å². The van der Waals surface area contributed by atoms with Crippen LogP contribution in [-0.2, 0) is 0 Å². The number of anilines is 1. The second-order valence-corrected chi connectivity index (χ2v) is 5.52. The van der Waals surface area contributed by atoms with Crippen LogP contribution in [0.4, 0.5) is 5.69 Å². The Morgan fingerprint density at radius 2 is 1.74 bits per heavy atom. The molecule has 0 atom stereocenters. The second kappa shape index (κ2) is 7.54. The number of hydrogen-bond donors (Lipinski definition) is 2. The zero-order valence-electron chi connectivity index (χ0n) is 13.6. The van der Waals surface area contributed by atoms with Crippen LogP contribution in [0.15, 0.2) is 36.5 Å². The van der Waals surface area contributed by atoms with Gasteiger partial charge >= 0.3 is 0 Å². The molecule has 1 aromatic carbocycles. The van der Waals surface area contributed by atoms with Gasteiger partial charge in [-0.15, -0.1) is 0 Å². The van der Waals surface area contributed by atoms with Crippen LogP contribution >= 0.6 is 0 Å². The Balaban J connectivity index is 2.14. The topological polar surface area (TPSA) is 71.1 Å². The zero-order chi connectivity index (χ0) is 16.8. The summed E-state index contributed by atoms with van der Waals surface area (Å²) in [7, 11) is 0. The lowest BCUT2D eigenvalue weighted by Gasteiger charge is -2.08. The van der Waals surface area contributed by atoms with Crippen molar-refractivity contribution < 1.29 is 9.59 Å². The molecule has 0 spiro atoms. The SMILES string of the molecule is CCCNC(=O)c1cc(C(=O)Nc2cc(C)cc(C)c2)ccn1. The van der Waals surface area contributed by atoms with Crippen LogP contribution in [0.5, 0.6) is 0 Å². The van der Waals surface area contributed by atoms with Crippen LogP contribution in [0.2, 0.25) is 0 Å². The highest BCUT2D eigenvalue weighted by molar-refractivity contribution is 6.05. The molecule has 5 heteroatoms. The molecular weight excluding hydrogens is 290 g/mol. The fraction of sp³-hybridized carbons (Fsp3) is 0.278. The third kappa shape index (κ3) is 4.64. The molecule has 120 valence electrons. The Morgan fingerprint density at radius 1 is 1.04 bits per heavy atom. The van der Waals surface area contributed by atoms with E-state index < -0.39 is 0 Å². The van der Waals surface area contributed by atoms with Crippen LogP contribution in [0.1, 0.15) is 45.3 Å². The van der Waals surface area contributed by atoms with Crippen molar-refractivity contribution in [3.8, 4) is 0 Å². The zero-order valence-corrected chi connectivity index (χ0v) is 13.6. The van der Waals surface area contributed by atoms with E-state index in [1.165, 1.54) is 12.3 Å². The normalized spacial score (nSPS) is 10.2. The summed E-state index contributed by atoms with van der Waals surface area (Å²) < 4.78 is 0. The van der Waals surface area contributed by atoms with E-state index in [4.69, 9.17) is 0 Å². The van der Waals surface area contributed by atoms with Gasteiger partial charge in [-0.25, -0.2) is 0 Å². The highest BCUT2D eigenvalue weighted by Crippen LogP contribution is 2.15. The van der Waals surface area contributed by atoms with Crippen molar-refractivity contribution in [3.05, 3.63) is 58.9 Å². The monoisotopic (exact) mass is 311 g/mol. The number of aryl methyl sites for hydroxylation is 2. The summed E-state index contributed by atoms with van der Waals surface area (Å²) in [5.41, 5.74) is 3.54. The number of benzene rings is 1. The number of carbonyl (C=O) groups is 2. The van der Waals surface area contributed by atoms with Gasteiger partial charge < -0.3 is 10.6 Å². The number of hydrogen-bond acceptors (Lipinski definition) is 3. The fourth-order valence-electron chi connectivity index (χ4n) is 2.28. The highest BCUT2D eigenvalue weighted by atomic mass is 16.2. The average Bonchev–Trinajstić information content (AvgIpc) is 2.51. The van der Waals surface area contributed by atoms with E-state index in [0.717, 1.165) is 23.2 Å². The van der Waals surface area contributed by atoms with Crippen LogP contribution in [0.3, 0.4) is 0 Å². The number of pyridine rings is 1. The quantitative estimate of drug-likeness (QED) is 0.891. The van der Waals surface area contributed by atoms with Gasteiger partial charge in [0, 0.05) is 24.0 Å². The van der Waals surface area contributed by atoms with Gasteiger partial charge in [0.25, 0.3) is 11.8 Å². The van der Waals surface area contributed by atoms with Gasteiger partial charge in [0.2, 0.25) is 0 Å². The van der Waals surface area contributed by atoms with Gasteiger partial charge in [0.05, 0.1) is 0 Å². The Labute approximate surface area is 136 Å². The Hall–Kier alpha value is -2.69. The highest BCUT2D eigenvalue weighted by Gasteiger charge is 2.12. The molecular formula is C18H21N3O2. The second-order valence-electron chi connectivity index (χ2n) is 5.52. The molecule has 1 heterocycles. The molecule has 2 rings (SSSR count). The van der Waals surface area contributed by atoms with Crippen molar-refractivity contribution in [2.24, 2.45) is 0 Å². The summed E-state index contributed by atoms with van der Waals surface area (Å²) >= 11 is 0. The van der Waals surface area contributed by atoms with E-state index >= 15 is 0 Å². The smallest absolute Gasteiger partial charge is 0.269 e. The van der Waals surface area contributed by atoms with Crippen molar-refractivity contribution in [3.63, 3.8) is 0 Å². The van der Waals surface area contributed by atoms with Gasteiger partial charge in [-0.2, -0.15) is 0 Å². The van der Waals surface area contributed by atoms with E-state index in [-0.39, 0.29) is 17.5 Å². The Bertz CT molecular complexity index is 706. The molecule has 23 heavy (non-hydrogen) atoms. The molecule has 0 aliphatic rings. The maximum Gasteiger partial charge on any atom is 0.269 e. The number of nitrogens with one attached hydrogen (secondary N) is 2. The van der Waals surface area contributed by atoms with Crippen molar-refractivity contribution in [1.29, 1.82) is 0 Å². The Morgan fingerprint density at radius 3 is 2.39 bits per heavy atom. The molecule has 0 unspecified atom stereocenters. The third-order valence-electron chi connectivity index (χ3n) is 3.27. The van der Waals surface area contributed by atoms with Crippen LogP contribution in [0.25, 0.3) is 0 Å². The number of rotatable bonds is 5. The predicted octanol–water partition coefficient (Wildman–Crippen LogP) is 3.09. The van der Waals surface area contributed by atoms with Crippen molar-refractivity contribution in [2.75, 3.05) is 11.9 Å². The molecule has 0 radical (unpaired) electrons. The van der Waals surface area contributed by atoms with Gasteiger partial charge in [0.1, 0.15) is 5.69 Å². The summed E-state index contributed by atoms with van der Waals surface area (Å²) in [5.74, 6) is -0.533. The molecule has 2 aromatic rings. The summed E-state index contributed by atoms with van der Waals surface area (Å²) in [6, 6.07) is 8.94. The van der Waals surface area contributed by atoms with E-state index in [1.54, 1.807) is 6.07 Å². The minimum absolute atomic E-state index is 0.242. The van der Waals surface area contributed by atoms with E-state index in [0.29, 0.717) is 12.1 Å². The molecule has 0 fully saturated rings. The summed E-state index contributed by atoms with van der Waals surface area (Å²) in [5, 5.41) is 5.60. The first-order chi connectivity index (χ1) is 11.0. The summed E-state index contributed by atoms with van der Waals surface area (Å²) in [6.07, 6.45) is 2.32. The first kappa shape index (κ1) is 16.7. The molecule has 1 aromatic heterocycles. The molecule has 0 aliphatic heterocycles. The van der Waals surface area contributed by atoms with Gasteiger partial charge in [-0.05, 0) is 55.7 Å². The lowest BCUT2D eigenvalue weighted by atomic mass is 10.1. The van der Waals surface area contributed by atoms with Gasteiger partial charge in [-0.1, -0.05) is 13.0 Å².